The minimum Gasteiger partial charge on any atom is -0.480 e. The number of hydrogen-bond donors (Lipinski definition) is 2. The van der Waals surface area contributed by atoms with Crippen LogP contribution in [0.25, 0.3) is 0 Å². The topological polar surface area (TPSA) is 86.5 Å². The lowest BCUT2D eigenvalue weighted by Crippen LogP contribution is -2.24. The number of ether oxygens (including phenoxy) is 2. The largest absolute Gasteiger partial charge is 0.480 e. The van der Waals surface area contributed by atoms with Gasteiger partial charge in [0.25, 0.3) is 0 Å². The highest BCUT2D eigenvalue weighted by Crippen LogP contribution is 2.15. The second-order valence-electron chi connectivity index (χ2n) is 4.87. The molecular formula is C18H19N3O3. The summed E-state index contributed by atoms with van der Waals surface area (Å²) in [4.78, 5) is 15.6. The first-order valence-corrected chi connectivity index (χ1v) is 7.42. The van der Waals surface area contributed by atoms with Crippen LogP contribution in [0.2, 0.25) is 0 Å². The molecule has 6 nitrogen and oxygen atoms in total. The van der Waals surface area contributed by atoms with Crippen molar-refractivity contribution in [3.63, 3.8) is 0 Å². The Hall–Kier alpha value is -3.20. The van der Waals surface area contributed by atoms with Crippen molar-refractivity contribution in [2.24, 2.45) is 0 Å². The van der Waals surface area contributed by atoms with Crippen LogP contribution in [0.3, 0.4) is 0 Å². The molecule has 0 fully saturated rings. The molecule has 1 aromatic carbocycles. The zero-order valence-corrected chi connectivity index (χ0v) is 13.4. The third-order valence-electron chi connectivity index (χ3n) is 3.02. The number of aromatic nitrogens is 1. The molecule has 0 atom stereocenters. The lowest BCUT2D eigenvalue weighted by Gasteiger charge is -2.05. The van der Waals surface area contributed by atoms with E-state index in [1.807, 2.05) is 30.3 Å². The highest BCUT2D eigenvalue weighted by atomic mass is 16.5. The second-order valence-corrected chi connectivity index (χ2v) is 4.87. The number of hydrogen-bond acceptors (Lipinski definition) is 5. The molecule has 0 radical (unpaired) electrons. The standard InChI is InChI=1S/C18H19N3O3/c1-23-17-15(11-16(19)12-21-17)9-5-6-10-20-18(22)24-13-14-7-3-2-4-8-14/h2-4,7-8,11-12H,6,10,13,19H2,1H3,(H,20,22). The highest BCUT2D eigenvalue weighted by Gasteiger charge is 2.02. The molecule has 0 aliphatic carbocycles. The van der Waals surface area contributed by atoms with Crippen LogP contribution in [0.4, 0.5) is 10.5 Å². The van der Waals surface area contributed by atoms with Crippen LogP contribution < -0.4 is 15.8 Å². The maximum atomic E-state index is 11.6. The summed E-state index contributed by atoms with van der Waals surface area (Å²) in [6.45, 7) is 0.628. The molecule has 2 aromatic rings. The molecule has 2 rings (SSSR count). The molecule has 6 heteroatoms. The summed E-state index contributed by atoms with van der Waals surface area (Å²) in [5.41, 5.74) is 7.74. The molecule has 1 heterocycles. The van der Waals surface area contributed by atoms with Gasteiger partial charge in [-0.2, -0.15) is 0 Å². The van der Waals surface area contributed by atoms with Crippen molar-refractivity contribution < 1.29 is 14.3 Å². The Morgan fingerprint density at radius 1 is 1.33 bits per heavy atom. The fourth-order valence-corrected chi connectivity index (χ4v) is 1.88. The van der Waals surface area contributed by atoms with E-state index in [-0.39, 0.29) is 6.61 Å². The molecule has 1 aromatic heterocycles. The van der Waals surface area contributed by atoms with Gasteiger partial charge in [-0.25, -0.2) is 9.78 Å². The molecule has 0 spiro atoms. The molecule has 1 amide bonds. The second kappa shape index (κ2) is 9.06. The maximum absolute atomic E-state index is 11.6. The first-order valence-electron chi connectivity index (χ1n) is 7.42. The summed E-state index contributed by atoms with van der Waals surface area (Å²) >= 11 is 0. The van der Waals surface area contributed by atoms with Gasteiger partial charge in [-0.1, -0.05) is 42.2 Å². The number of anilines is 1. The van der Waals surface area contributed by atoms with E-state index in [0.717, 1.165) is 5.56 Å². The summed E-state index contributed by atoms with van der Waals surface area (Å²) in [5.74, 6) is 6.29. The fourth-order valence-electron chi connectivity index (χ4n) is 1.88. The molecule has 0 saturated carbocycles. The minimum atomic E-state index is -0.469. The Balaban J connectivity index is 1.73. The SMILES string of the molecule is COc1ncc(N)cc1C#CCCNC(=O)OCc1ccccc1. The van der Waals surface area contributed by atoms with Crippen molar-refractivity contribution in [3.05, 3.63) is 53.7 Å². The molecule has 0 saturated heterocycles. The summed E-state index contributed by atoms with van der Waals surface area (Å²) in [6, 6.07) is 11.2. The molecule has 24 heavy (non-hydrogen) atoms. The normalized spacial score (nSPS) is 9.54. The van der Waals surface area contributed by atoms with Crippen molar-refractivity contribution in [2.45, 2.75) is 13.0 Å². The third-order valence-corrected chi connectivity index (χ3v) is 3.02. The number of rotatable bonds is 5. The molecule has 0 aliphatic rings. The number of pyridine rings is 1. The summed E-state index contributed by atoms with van der Waals surface area (Å²) < 4.78 is 10.2. The number of amides is 1. The van der Waals surface area contributed by atoms with Crippen molar-refractivity contribution in [3.8, 4) is 17.7 Å². The average molecular weight is 325 g/mol. The number of carbonyl (C=O) groups excluding carboxylic acids is 1. The molecular weight excluding hydrogens is 306 g/mol. The van der Waals surface area contributed by atoms with Crippen molar-refractivity contribution in [1.29, 1.82) is 0 Å². The van der Waals surface area contributed by atoms with Gasteiger partial charge in [0.05, 0.1) is 24.6 Å². The van der Waals surface area contributed by atoms with E-state index in [9.17, 15) is 4.79 Å². The van der Waals surface area contributed by atoms with E-state index in [2.05, 4.69) is 22.1 Å². The number of nitrogens with one attached hydrogen (secondary N) is 1. The number of nitrogen functional groups attached to an aromatic ring is 1. The van der Waals surface area contributed by atoms with E-state index < -0.39 is 6.09 Å². The molecule has 0 bridgehead atoms. The molecule has 124 valence electrons. The quantitative estimate of drug-likeness (QED) is 0.651. The van der Waals surface area contributed by atoms with E-state index in [1.54, 1.807) is 6.07 Å². The van der Waals surface area contributed by atoms with Gasteiger partial charge >= 0.3 is 6.09 Å². The van der Waals surface area contributed by atoms with Gasteiger partial charge in [-0.3, -0.25) is 0 Å². The number of carbonyl (C=O) groups is 1. The predicted octanol–water partition coefficient (Wildman–Crippen LogP) is 2.34. The van der Waals surface area contributed by atoms with Crippen LogP contribution in [0.5, 0.6) is 5.88 Å². The Bertz CT molecular complexity index is 736. The number of methoxy groups -OCH3 is 1. The van der Waals surface area contributed by atoms with Crippen LogP contribution in [0, 0.1) is 11.8 Å². The maximum Gasteiger partial charge on any atom is 0.407 e. The average Bonchev–Trinajstić information content (AvgIpc) is 2.61. The van der Waals surface area contributed by atoms with E-state index >= 15 is 0 Å². The number of benzene rings is 1. The smallest absolute Gasteiger partial charge is 0.407 e. The van der Waals surface area contributed by atoms with Gasteiger partial charge < -0.3 is 20.5 Å². The summed E-state index contributed by atoms with van der Waals surface area (Å²) in [6.07, 6.45) is 1.51. The molecule has 3 N–H and O–H groups in total. The van der Waals surface area contributed by atoms with Gasteiger partial charge in [0.2, 0.25) is 5.88 Å². The predicted molar refractivity (Wildman–Crippen MR) is 91.3 cm³/mol. The van der Waals surface area contributed by atoms with Gasteiger partial charge in [0.15, 0.2) is 0 Å². The van der Waals surface area contributed by atoms with Gasteiger partial charge in [-0.05, 0) is 11.6 Å². The number of alkyl carbamates (subject to hydrolysis) is 1. The van der Waals surface area contributed by atoms with E-state index in [0.29, 0.717) is 30.1 Å². The van der Waals surface area contributed by atoms with Crippen molar-refractivity contribution >= 4 is 11.8 Å². The third kappa shape index (κ3) is 5.54. The number of nitrogens with zero attached hydrogens (tertiary/aromatic N) is 1. The first-order chi connectivity index (χ1) is 11.7. The Morgan fingerprint density at radius 2 is 2.12 bits per heavy atom. The van der Waals surface area contributed by atoms with Crippen LogP contribution in [-0.2, 0) is 11.3 Å². The van der Waals surface area contributed by atoms with Crippen LogP contribution in [-0.4, -0.2) is 24.7 Å². The Morgan fingerprint density at radius 3 is 2.88 bits per heavy atom. The fraction of sp³-hybridized carbons (Fsp3) is 0.222. The Labute approximate surface area is 141 Å². The summed E-state index contributed by atoms with van der Waals surface area (Å²) in [5, 5.41) is 2.64. The highest BCUT2D eigenvalue weighted by molar-refractivity contribution is 5.67. The monoisotopic (exact) mass is 325 g/mol. The lowest BCUT2D eigenvalue weighted by atomic mass is 10.2. The zero-order valence-electron chi connectivity index (χ0n) is 13.4. The van der Waals surface area contributed by atoms with Crippen LogP contribution in [0.15, 0.2) is 42.6 Å². The number of nitrogens with two attached hydrogens (primary N) is 1. The summed E-state index contributed by atoms with van der Waals surface area (Å²) in [7, 11) is 1.52. The lowest BCUT2D eigenvalue weighted by molar-refractivity contribution is 0.140. The first kappa shape index (κ1) is 17.2. The molecule has 0 aliphatic heterocycles. The van der Waals surface area contributed by atoms with Crippen LogP contribution in [0.1, 0.15) is 17.5 Å². The molecule has 0 unspecified atom stereocenters. The Kier molecular flexibility index (Phi) is 6.47. The van der Waals surface area contributed by atoms with Gasteiger partial charge in [-0.15, -0.1) is 0 Å². The van der Waals surface area contributed by atoms with Crippen molar-refractivity contribution in [1.82, 2.24) is 10.3 Å². The van der Waals surface area contributed by atoms with Gasteiger partial charge in [0.1, 0.15) is 6.61 Å². The van der Waals surface area contributed by atoms with E-state index in [1.165, 1.54) is 13.3 Å². The van der Waals surface area contributed by atoms with E-state index in [4.69, 9.17) is 15.2 Å². The van der Waals surface area contributed by atoms with Crippen molar-refractivity contribution in [2.75, 3.05) is 19.4 Å². The zero-order chi connectivity index (χ0) is 17.2. The van der Waals surface area contributed by atoms with Gasteiger partial charge in [0, 0.05) is 13.0 Å². The van der Waals surface area contributed by atoms with Crippen LogP contribution >= 0.6 is 0 Å². The minimum absolute atomic E-state index is 0.241.